The molecule has 0 atom stereocenters. The number of nitrogens with one attached hydrogen (secondary N) is 1. The molecule has 0 saturated heterocycles. The number of nitrogens with zero attached hydrogens (tertiary/aromatic N) is 2. The molecule has 2 aromatic rings. The topological polar surface area (TPSA) is 65.8 Å². The third kappa shape index (κ3) is 1.98. The van der Waals surface area contributed by atoms with Crippen molar-refractivity contribution in [1.29, 1.82) is 5.26 Å². The van der Waals surface area contributed by atoms with Gasteiger partial charge in [-0.3, -0.25) is 9.78 Å². The minimum absolute atomic E-state index is 0.00562. The van der Waals surface area contributed by atoms with E-state index in [9.17, 15) is 4.79 Å². The summed E-state index contributed by atoms with van der Waals surface area (Å²) in [5.41, 5.74) is 1.31. The maximum atomic E-state index is 11.5. The zero-order valence-corrected chi connectivity index (χ0v) is 8.47. The Morgan fingerprint density at radius 3 is 3.06 bits per heavy atom. The van der Waals surface area contributed by atoms with Crippen LogP contribution in [0, 0.1) is 11.3 Å². The van der Waals surface area contributed by atoms with E-state index in [-0.39, 0.29) is 12.5 Å². The summed E-state index contributed by atoms with van der Waals surface area (Å²) in [6, 6.07) is 11.2. The van der Waals surface area contributed by atoms with Gasteiger partial charge in [-0.2, -0.15) is 5.26 Å². The summed E-state index contributed by atoms with van der Waals surface area (Å²) in [5, 5.41) is 11.7. The lowest BCUT2D eigenvalue weighted by Crippen LogP contribution is -2.23. The van der Waals surface area contributed by atoms with Crippen molar-refractivity contribution in [3.63, 3.8) is 0 Å². The largest absolute Gasteiger partial charge is 0.339 e. The van der Waals surface area contributed by atoms with Gasteiger partial charge < -0.3 is 5.32 Å². The van der Waals surface area contributed by atoms with Gasteiger partial charge in [0.25, 0.3) is 5.91 Å². The van der Waals surface area contributed by atoms with E-state index in [1.165, 1.54) is 6.20 Å². The number of fused-ring (bicyclic) bond motifs is 1. The lowest BCUT2D eigenvalue weighted by atomic mass is 10.1. The summed E-state index contributed by atoms with van der Waals surface area (Å²) in [5.74, 6) is -0.278. The Hall–Kier alpha value is -2.41. The summed E-state index contributed by atoms with van der Waals surface area (Å²) in [4.78, 5) is 15.7. The molecule has 0 aliphatic carbocycles. The number of carbonyl (C=O) groups excluding carboxylic acids is 1. The predicted octanol–water partition coefficient (Wildman–Crippen LogP) is 1.49. The van der Waals surface area contributed by atoms with Crippen LogP contribution < -0.4 is 5.32 Å². The molecular formula is C12H9N3O. The Labute approximate surface area is 92.5 Å². The smallest absolute Gasteiger partial charge is 0.253 e. The average molecular weight is 211 g/mol. The Morgan fingerprint density at radius 1 is 1.44 bits per heavy atom. The molecule has 0 saturated carbocycles. The number of pyridine rings is 1. The highest BCUT2D eigenvalue weighted by Gasteiger charge is 2.05. The number of rotatable bonds is 2. The van der Waals surface area contributed by atoms with Gasteiger partial charge in [-0.25, -0.2) is 0 Å². The molecule has 0 radical (unpaired) electrons. The number of hydrogen-bond donors (Lipinski definition) is 1. The SMILES string of the molecule is N#CCNC(=O)c1cnc2ccccc2c1. The molecule has 16 heavy (non-hydrogen) atoms. The average Bonchev–Trinajstić information content (AvgIpc) is 2.35. The maximum Gasteiger partial charge on any atom is 0.253 e. The van der Waals surface area contributed by atoms with Gasteiger partial charge in [-0.15, -0.1) is 0 Å². The molecule has 0 unspecified atom stereocenters. The van der Waals surface area contributed by atoms with Crippen molar-refractivity contribution in [2.75, 3.05) is 6.54 Å². The van der Waals surface area contributed by atoms with E-state index in [1.54, 1.807) is 6.07 Å². The number of carbonyl (C=O) groups is 1. The van der Waals surface area contributed by atoms with E-state index < -0.39 is 0 Å². The molecule has 1 aromatic heterocycles. The fraction of sp³-hybridized carbons (Fsp3) is 0.0833. The van der Waals surface area contributed by atoms with Crippen molar-refractivity contribution >= 4 is 16.8 Å². The molecular weight excluding hydrogens is 202 g/mol. The number of nitriles is 1. The van der Waals surface area contributed by atoms with E-state index >= 15 is 0 Å². The van der Waals surface area contributed by atoms with Crippen LogP contribution in [0.2, 0.25) is 0 Å². The molecule has 1 heterocycles. The second kappa shape index (κ2) is 4.41. The monoisotopic (exact) mass is 211 g/mol. The van der Waals surface area contributed by atoms with Crippen molar-refractivity contribution in [3.8, 4) is 6.07 Å². The third-order valence-corrected chi connectivity index (χ3v) is 2.18. The normalized spacial score (nSPS) is 9.69. The number of amides is 1. The molecule has 4 heteroatoms. The van der Waals surface area contributed by atoms with Crippen molar-refractivity contribution in [2.45, 2.75) is 0 Å². The molecule has 78 valence electrons. The minimum Gasteiger partial charge on any atom is -0.339 e. The van der Waals surface area contributed by atoms with Crippen LogP contribution in [0.4, 0.5) is 0 Å². The maximum absolute atomic E-state index is 11.5. The van der Waals surface area contributed by atoms with Gasteiger partial charge in [0.2, 0.25) is 0 Å². The summed E-state index contributed by atoms with van der Waals surface area (Å²) in [6.07, 6.45) is 1.51. The van der Waals surface area contributed by atoms with Gasteiger partial charge in [0.15, 0.2) is 0 Å². The van der Waals surface area contributed by atoms with E-state index in [4.69, 9.17) is 5.26 Å². The minimum atomic E-state index is -0.278. The first-order valence-corrected chi connectivity index (χ1v) is 4.81. The van der Waals surface area contributed by atoms with Crippen LogP contribution in [0.1, 0.15) is 10.4 Å². The van der Waals surface area contributed by atoms with Crippen LogP contribution in [0.15, 0.2) is 36.5 Å². The highest BCUT2D eigenvalue weighted by atomic mass is 16.1. The van der Waals surface area contributed by atoms with Crippen molar-refractivity contribution in [2.24, 2.45) is 0 Å². The van der Waals surface area contributed by atoms with Gasteiger partial charge in [0, 0.05) is 11.6 Å². The number of hydrogen-bond acceptors (Lipinski definition) is 3. The summed E-state index contributed by atoms with van der Waals surface area (Å²) >= 11 is 0. The van der Waals surface area contributed by atoms with Crippen molar-refractivity contribution < 1.29 is 4.79 Å². The Kier molecular flexibility index (Phi) is 2.79. The molecule has 2 rings (SSSR count). The second-order valence-electron chi connectivity index (χ2n) is 3.26. The summed E-state index contributed by atoms with van der Waals surface area (Å²) in [6.45, 7) is 0.00562. The quantitative estimate of drug-likeness (QED) is 0.765. The molecule has 1 aromatic carbocycles. The Morgan fingerprint density at radius 2 is 2.25 bits per heavy atom. The van der Waals surface area contributed by atoms with Crippen LogP contribution in [-0.4, -0.2) is 17.4 Å². The highest BCUT2D eigenvalue weighted by molar-refractivity contribution is 5.97. The van der Waals surface area contributed by atoms with Gasteiger partial charge in [-0.05, 0) is 12.1 Å². The zero-order valence-electron chi connectivity index (χ0n) is 8.47. The molecule has 0 fully saturated rings. The van der Waals surface area contributed by atoms with Crippen LogP contribution in [-0.2, 0) is 0 Å². The number of para-hydroxylation sites is 1. The molecule has 0 bridgehead atoms. The zero-order chi connectivity index (χ0) is 11.4. The van der Waals surface area contributed by atoms with E-state index in [1.807, 2.05) is 30.3 Å². The van der Waals surface area contributed by atoms with Crippen LogP contribution in [0.3, 0.4) is 0 Å². The first kappa shape index (κ1) is 10.1. The summed E-state index contributed by atoms with van der Waals surface area (Å²) in [7, 11) is 0. The van der Waals surface area contributed by atoms with Crippen LogP contribution in [0.25, 0.3) is 10.9 Å². The van der Waals surface area contributed by atoms with Gasteiger partial charge in [0.1, 0.15) is 6.54 Å². The molecule has 1 amide bonds. The molecule has 1 N–H and O–H groups in total. The highest BCUT2D eigenvalue weighted by Crippen LogP contribution is 2.12. The Bertz CT molecular complexity index is 572. The van der Waals surface area contributed by atoms with Crippen molar-refractivity contribution in [3.05, 3.63) is 42.1 Å². The Balaban J connectivity index is 2.33. The first-order valence-electron chi connectivity index (χ1n) is 4.81. The number of benzene rings is 1. The third-order valence-electron chi connectivity index (χ3n) is 2.18. The molecule has 0 spiro atoms. The van der Waals surface area contributed by atoms with E-state index in [0.717, 1.165) is 10.9 Å². The van der Waals surface area contributed by atoms with E-state index in [0.29, 0.717) is 5.56 Å². The van der Waals surface area contributed by atoms with Crippen molar-refractivity contribution in [1.82, 2.24) is 10.3 Å². The van der Waals surface area contributed by atoms with Gasteiger partial charge in [-0.1, -0.05) is 18.2 Å². The van der Waals surface area contributed by atoms with Crippen LogP contribution in [0.5, 0.6) is 0 Å². The standard InChI is InChI=1S/C12H9N3O/c13-5-6-14-12(16)10-7-9-3-1-2-4-11(9)15-8-10/h1-4,7-8H,6H2,(H,14,16). The van der Waals surface area contributed by atoms with Gasteiger partial charge in [0.05, 0.1) is 17.1 Å². The lowest BCUT2D eigenvalue weighted by Gasteiger charge is -2.02. The fourth-order valence-corrected chi connectivity index (χ4v) is 1.42. The number of aromatic nitrogens is 1. The molecule has 0 aliphatic rings. The second-order valence-corrected chi connectivity index (χ2v) is 3.26. The molecule has 0 aliphatic heterocycles. The predicted molar refractivity (Wildman–Crippen MR) is 59.7 cm³/mol. The summed E-state index contributed by atoms with van der Waals surface area (Å²) < 4.78 is 0. The first-order chi connectivity index (χ1) is 7.81. The van der Waals surface area contributed by atoms with Crippen LogP contribution >= 0.6 is 0 Å². The van der Waals surface area contributed by atoms with Gasteiger partial charge >= 0.3 is 0 Å². The molecule has 4 nitrogen and oxygen atoms in total. The fourth-order valence-electron chi connectivity index (χ4n) is 1.42. The van der Waals surface area contributed by atoms with E-state index in [2.05, 4.69) is 10.3 Å². The lowest BCUT2D eigenvalue weighted by molar-refractivity contribution is 0.0958.